The molecule has 1 N–H and O–H groups in total. The summed E-state index contributed by atoms with van der Waals surface area (Å²) in [4.78, 5) is 14.8. The molecule has 0 saturated carbocycles. The van der Waals surface area contributed by atoms with Crippen LogP contribution in [0, 0.1) is 0 Å². The molecule has 0 saturated heterocycles. The molecule has 6 nitrogen and oxygen atoms in total. The molecule has 0 aromatic carbocycles. The second-order valence-corrected chi connectivity index (χ2v) is 2.68. The van der Waals surface area contributed by atoms with Gasteiger partial charge in [0, 0.05) is 13.5 Å². The predicted molar refractivity (Wildman–Crippen MR) is 46.6 cm³/mol. The lowest BCUT2D eigenvalue weighted by atomic mass is 10.3. The Hall–Kier alpha value is -0.690. The second kappa shape index (κ2) is 8.89. The first-order valence-corrected chi connectivity index (χ1v) is 4.23. The van der Waals surface area contributed by atoms with Crippen LogP contribution in [0.2, 0.25) is 0 Å². The summed E-state index contributed by atoms with van der Waals surface area (Å²) < 4.78 is 14.2. The van der Waals surface area contributed by atoms with Crippen molar-refractivity contribution in [2.75, 3.05) is 27.1 Å². The number of carbonyl (C=O) groups excluding carboxylic acids is 1. The molecule has 1 unspecified atom stereocenters. The third kappa shape index (κ3) is 7.93. The number of hydrogen-bond acceptors (Lipinski definition) is 6. The maximum Gasteiger partial charge on any atom is 0.332 e. The van der Waals surface area contributed by atoms with Crippen molar-refractivity contribution < 1.29 is 29.1 Å². The van der Waals surface area contributed by atoms with E-state index in [9.17, 15) is 4.79 Å². The van der Waals surface area contributed by atoms with Crippen LogP contribution in [0.4, 0.5) is 0 Å². The van der Waals surface area contributed by atoms with Gasteiger partial charge in [-0.25, -0.2) is 9.68 Å². The van der Waals surface area contributed by atoms with Gasteiger partial charge < -0.3 is 14.2 Å². The highest BCUT2D eigenvalue weighted by atomic mass is 17.1. The number of esters is 1. The lowest BCUT2D eigenvalue weighted by molar-refractivity contribution is -0.246. The van der Waals surface area contributed by atoms with Crippen molar-refractivity contribution in [2.45, 2.75) is 19.4 Å². The van der Waals surface area contributed by atoms with Gasteiger partial charge in [0.05, 0.1) is 6.61 Å². The van der Waals surface area contributed by atoms with Crippen molar-refractivity contribution in [3.63, 3.8) is 0 Å². The first-order chi connectivity index (χ1) is 6.70. The zero-order valence-corrected chi connectivity index (χ0v) is 8.39. The van der Waals surface area contributed by atoms with E-state index in [1.165, 1.54) is 7.11 Å². The van der Waals surface area contributed by atoms with E-state index in [0.717, 1.165) is 0 Å². The molecule has 6 heteroatoms. The summed E-state index contributed by atoms with van der Waals surface area (Å²) in [6.45, 7) is 1.75. The van der Waals surface area contributed by atoms with E-state index in [0.29, 0.717) is 6.42 Å². The highest BCUT2D eigenvalue weighted by Gasteiger charge is 2.09. The maximum atomic E-state index is 11.0. The smallest absolute Gasteiger partial charge is 0.332 e. The largest absolute Gasteiger partial charge is 0.461 e. The van der Waals surface area contributed by atoms with Crippen LogP contribution >= 0.6 is 0 Å². The molecule has 84 valence electrons. The first-order valence-electron chi connectivity index (χ1n) is 4.23. The molecule has 0 aliphatic rings. The minimum absolute atomic E-state index is 0.0588. The predicted octanol–water partition coefficient (Wildman–Crippen LogP) is 0.418. The monoisotopic (exact) mass is 208 g/mol. The lowest BCUT2D eigenvalue weighted by Crippen LogP contribution is -2.20. The van der Waals surface area contributed by atoms with Gasteiger partial charge in [0.15, 0.2) is 0 Å². The zero-order valence-electron chi connectivity index (χ0n) is 8.39. The summed E-state index contributed by atoms with van der Waals surface area (Å²) >= 11 is 0. The Morgan fingerprint density at radius 1 is 1.50 bits per heavy atom. The van der Waals surface area contributed by atoms with Gasteiger partial charge in [-0.3, -0.25) is 5.26 Å². The molecule has 0 aromatic rings. The molecule has 0 rings (SSSR count). The number of carbonyl (C=O) groups is 1. The van der Waals surface area contributed by atoms with Crippen LogP contribution < -0.4 is 0 Å². The van der Waals surface area contributed by atoms with Gasteiger partial charge in [0.2, 0.25) is 0 Å². The van der Waals surface area contributed by atoms with Crippen molar-refractivity contribution in [1.29, 1.82) is 0 Å². The first kappa shape index (κ1) is 13.3. The topological polar surface area (TPSA) is 74.2 Å². The Morgan fingerprint density at radius 3 is 2.79 bits per heavy atom. The molecule has 0 spiro atoms. The van der Waals surface area contributed by atoms with Gasteiger partial charge >= 0.3 is 5.97 Å². The summed E-state index contributed by atoms with van der Waals surface area (Å²) in [5, 5.41) is 8.04. The molecule has 14 heavy (non-hydrogen) atoms. The number of rotatable bonds is 8. The fraction of sp³-hybridized carbons (Fsp3) is 0.875. The van der Waals surface area contributed by atoms with Crippen LogP contribution in [-0.4, -0.2) is 44.4 Å². The Balaban J connectivity index is 3.40. The molecule has 0 heterocycles. The van der Waals surface area contributed by atoms with Gasteiger partial charge in [-0.1, -0.05) is 0 Å². The molecular weight excluding hydrogens is 192 g/mol. The molecule has 0 aromatic heterocycles. The quantitative estimate of drug-likeness (QED) is 0.205. The Bertz CT molecular complexity index is 149. The molecule has 0 aliphatic heterocycles. The van der Waals surface area contributed by atoms with Gasteiger partial charge in [0.25, 0.3) is 0 Å². The number of methoxy groups -OCH3 is 1. The fourth-order valence-electron chi connectivity index (χ4n) is 0.744. The summed E-state index contributed by atoms with van der Waals surface area (Å²) in [6, 6.07) is 0. The Morgan fingerprint density at radius 2 is 2.21 bits per heavy atom. The Kier molecular flexibility index (Phi) is 8.45. The van der Waals surface area contributed by atoms with E-state index >= 15 is 0 Å². The summed E-state index contributed by atoms with van der Waals surface area (Å²) in [6.07, 6.45) is 0.132. The van der Waals surface area contributed by atoms with Crippen molar-refractivity contribution in [3.05, 3.63) is 0 Å². The van der Waals surface area contributed by atoms with Crippen molar-refractivity contribution in [1.82, 2.24) is 0 Å². The van der Waals surface area contributed by atoms with Crippen LogP contribution in [0.3, 0.4) is 0 Å². The Labute approximate surface area is 82.6 Å². The minimum atomic E-state index is -0.465. The summed E-state index contributed by atoms with van der Waals surface area (Å²) in [5.41, 5.74) is 0. The fourth-order valence-corrected chi connectivity index (χ4v) is 0.744. The van der Waals surface area contributed by atoms with Crippen LogP contribution in [0.15, 0.2) is 0 Å². The minimum Gasteiger partial charge on any atom is -0.461 e. The maximum absolute atomic E-state index is 11.0. The zero-order chi connectivity index (χ0) is 10.8. The van der Waals surface area contributed by atoms with Gasteiger partial charge in [-0.05, 0) is 6.92 Å². The van der Waals surface area contributed by atoms with Crippen LogP contribution in [0.5, 0.6) is 0 Å². The van der Waals surface area contributed by atoms with Crippen LogP contribution in [-0.2, 0) is 23.9 Å². The van der Waals surface area contributed by atoms with Crippen molar-refractivity contribution >= 4 is 5.97 Å². The average molecular weight is 208 g/mol. The molecule has 0 aliphatic carbocycles. The van der Waals surface area contributed by atoms with E-state index in [1.807, 2.05) is 0 Å². The van der Waals surface area contributed by atoms with Crippen LogP contribution in [0.25, 0.3) is 0 Å². The van der Waals surface area contributed by atoms with Crippen molar-refractivity contribution in [3.8, 4) is 0 Å². The highest BCUT2D eigenvalue weighted by molar-refractivity contribution is 5.70. The normalized spacial score (nSPS) is 12.5. The van der Waals surface area contributed by atoms with Gasteiger partial charge in [-0.15, -0.1) is 0 Å². The average Bonchev–Trinajstić information content (AvgIpc) is 2.15. The molecule has 0 fully saturated rings. The van der Waals surface area contributed by atoms with Crippen molar-refractivity contribution in [2.24, 2.45) is 0 Å². The molecular formula is C8H16O6. The van der Waals surface area contributed by atoms with E-state index in [1.54, 1.807) is 6.92 Å². The van der Waals surface area contributed by atoms with Crippen LogP contribution in [0.1, 0.15) is 13.3 Å². The third-order valence-electron chi connectivity index (χ3n) is 1.37. The van der Waals surface area contributed by atoms with Gasteiger partial charge in [-0.2, -0.15) is 0 Å². The summed E-state index contributed by atoms with van der Waals surface area (Å²) in [7, 11) is 1.46. The second-order valence-electron chi connectivity index (χ2n) is 2.68. The van der Waals surface area contributed by atoms with E-state index in [-0.39, 0.29) is 26.1 Å². The third-order valence-corrected chi connectivity index (χ3v) is 1.37. The molecule has 0 radical (unpaired) electrons. The molecule has 1 atom stereocenters. The van der Waals surface area contributed by atoms with E-state index in [4.69, 9.17) is 14.7 Å². The number of ether oxygens (including phenoxy) is 3. The standard InChI is InChI=1S/C8H16O6/c1-7(3-4-13-10)14-8(9)5-12-6-11-2/h7,10H,3-6H2,1-2H3. The van der Waals surface area contributed by atoms with Gasteiger partial charge in [0.1, 0.15) is 19.5 Å². The SMILES string of the molecule is COCOCC(=O)OC(C)CCOO. The van der Waals surface area contributed by atoms with E-state index in [2.05, 4.69) is 9.62 Å². The number of hydrogen-bond donors (Lipinski definition) is 1. The summed E-state index contributed by atoms with van der Waals surface area (Å²) in [5.74, 6) is -0.465. The highest BCUT2D eigenvalue weighted by Crippen LogP contribution is 1.98. The molecule has 0 bridgehead atoms. The molecule has 0 amide bonds. The lowest BCUT2D eigenvalue weighted by Gasteiger charge is -2.11. The van der Waals surface area contributed by atoms with E-state index < -0.39 is 5.97 Å².